The van der Waals surface area contributed by atoms with Gasteiger partial charge in [-0.3, -0.25) is 9.98 Å². The Morgan fingerprint density at radius 2 is 2.03 bits per heavy atom. The molecule has 0 fully saturated rings. The number of aryl methyl sites for hydroxylation is 2. The number of ether oxygens (including phenoxy) is 1. The van der Waals surface area contributed by atoms with Crippen LogP contribution in [0.15, 0.2) is 57.4 Å². The average Bonchev–Trinajstić information content (AvgIpc) is 2.73. The molecule has 6 heteroatoms. The summed E-state index contributed by atoms with van der Waals surface area (Å²) in [7, 11) is 0. The van der Waals surface area contributed by atoms with Crippen molar-refractivity contribution in [3.05, 3.63) is 64.1 Å². The van der Waals surface area contributed by atoms with Crippen molar-refractivity contribution in [3.8, 4) is 5.75 Å². The highest BCUT2D eigenvalue weighted by Crippen LogP contribution is 2.30. The molecule has 2 aromatic rings. The number of anilines is 1. The van der Waals surface area contributed by atoms with Crippen LogP contribution in [0.5, 0.6) is 5.75 Å². The lowest BCUT2D eigenvalue weighted by Crippen LogP contribution is -2.35. The van der Waals surface area contributed by atoms with E-state index in [2.05, 4.69) is 53.3 Å². The Morgan fingerprint density at radius 1 is 1.24 bits per heavy atom. The molecule has 0 bridgehead atoms. The minimum Gasteiger partial charge on any atom is -0.482 e. The van der Waals surface area contributed by atoms with Crippen molar-refractivity contribution in [2.24, 2.45) is 9.98 Å². The van der Waals surface area contributed by atoms with Crippen LogP contribution in [-0.4, -0.2) is 31.7 Å². The fourth-order valence-corrected chi connectivity index (χ4v) is 3.76. The number of aliphatic imine (C=N–C) groups is 2. The molecule has 1 heterocycles. The van der Waals surface area contributed by atoms with Crippen LogP contribution < -0.4 is 15.4 Å². The predicted octanol–water partition coefficient (Wildman–Crippen LogP) is 5.22. The molecule has 0 aromatic heterocycles. The molecule has 0 radical (unpaired) electrons. The maximum absolute atomic E-state index is 6.06. The van der Waals surface area contributed by atoms with Gasteiger partial charge in [0.05, 0.1) is 5.70 Å². The van der Waals surface area contributed by atoms with E-state index in [1.807, 2.05) is 37.3 Å². The summed E-state index contributed by atoms with van der Waals surface area (Å²) in [5.74, 6) is 2.24. The molecule has 5 nitrogen and oxygen atoms in total. The van der Waals surface area contributed by atoms with Crippen LogP contribution in [0.4, 0.5) is 5.69 Å². The maximum Gasteiger partial charge on any atom is 0.195 e. The Kier molecular flexibility index (Phi) is 7.36. The number of rotatable bonds is 7. The molecule has 0 spiro atoms. The standard InChI is InChI=1S/C23H28N4OS/c1-16-14-21(17(2)13-20(16)27-23-25-11-8-12-26-23)28-15-29-18(3)22(24-4)19-9-6-5-7-10-19/h5-7,9-10,13-14H,4,8,11-12,15H2,1-3H3,(H2,25,26,27)/b22-18-. The van der Waals surface area contributed by atoms with Gasteiger partial charge >= 0.3 is 0 Å². The van der Waals surface area contributed by atoms with Crippen molar-refractivity contribution >= 4 is 35.8 Å². The third-order valence-electron chi connectivity index (χ3n) is 4.70. The summed E-state index contributed by atoms with van der Waals surface area (Å²) in [5, 5.41) is 6.67. The predicted molar refractivity (Wildman–Crippen MR) is 126 cm³/mol. The zero-order valence-corrected chi connectivity index (χ0v) is 18.1. The smallest absolute Gasteiger partial charge is 0.195 e. The highest BCUT2D eigenvalue weighted by atomic mass is 32.2. The molecule has 2 N–H and O–H groups in total. The van der Waals surface area contributed by atoms with Gasteiger partial charge in [-0.25, -0.2) is 0 Å². The van der Waals surface area contributed by atoms with Gasteiger partial charge in [0.1, 0.15) is 11.7 Å². The Hall–Kier alpha value is -2.73. The Balaban J connectivity index is 1.64. The molecule has 0 atom stereocenters. The molecule has 3 rings (SSSR count). The molecule has 0 saturated heterocycles. The van der Waals surface area contributed by atoms with Crippen molar-refractivity contribution in [2.75, 3.05) is 24.3 Å². The van der Waals surface area contributed by atoms with E-state index in [9.17, 15) is 0 Å². The van der Waals surface area contributed by atoms with Gasteiger partial charge in [0.15, 0.2) is 5.96 Å². The normalized spacial score (nSPS) is 14.4. The zero-order chi connectivity index (χ0) is 20.6. The van der Waals surface area contributed by atoms with E-state index in [1.165, 1.54) is 0 Å². The van der Waals surface area contributed by atoms with Crippen molar-refractivity contribution in [1.82, 2.24) is 5.32 Å². The lowest BCUT2D eigenvalue weighted by Gasteiger charge is -2.19. The van der Waals surface area contributed by atoms with Crippen LogP contribution in [-0.2, 0) is 0 Å². The second-order valence-electron chi connectivity index (χ2n) is 6.90. The summed E-state index contributed by atoms with van der Waals surface area (Å²) in [6, 6.07) is 14.3. The number of hydrogen-bond donors (Lipinski definition) is 2. The molecule has 29 heavy (non-hydrogen) atoms. The van der Waals surface area contributed by atoms with Gasteiger partial charge in [0.25, 0.3) is 0 Å². The fraction of sp³-hybridized carbons (Fsp3) is 0.304. The zero-order valence-electron chi connectivity index (χ0n) is 17.3. The van der Waals surface area contributed by atoms with Crippen LogP contribution in [0.3, 0.4) is 0 Å². The van der Waals surface area contributed by atoms with Gasteiger partial charge in [0.2, 0.25) is 0 Å². The van der Waals surface area contributed by atoms with Crippen LogP contribution in [0, 0.1) is 13.8 Å². The largest absolute Gasteiger partial charge is 0.482 e. The maximum atomic E-state index is 6.06. The lowest BCUT2D eigenvalue weighted by atomic mass is 10.1. The lowest BCUT2D eigenvalue weighted by molar-refractivity contribution is 0.390. The third-order valence-corrected chi connectivity index (χ3v) is 5.56. The number of nitrogens with one attached hydrogen (secondary N) is 2. The first-order valence-corrected chi connectivity index (χ1v) is 10.7. The highest BCUT2D eigenvalue weighted by Gasteiger charge is 2.10. The van der Waals surface area contributed by atoms with Crippen molar-refractivity contribution < 1.29 is 4.74 Å². The minimum absolute atomic E-state index is 0.513. The van der Waals surface area contributed by atoms with Crippen molar-refractivity contribution in [2.45, 2.75) is 27.2 Å². The summed E-state index contributed by atoms with van der Waals surface area (Å²) >= 11 is 1.62. The van der Waals surface area contributed by atoms with Crippen LogP contribution in [0.2, 0.25) is 0 Å². The summed E-state index contributed by atoms with van der Waals surface area (Å²) in [6.45, 7) is 11.7. The van der Waals surface area contributed by atoms with E-state index in [4.69, 9.17) is 4.74 Å². The molecule has 0 aliphatic carbocycles. The Bertz CT molecular complexity index is 922. The summed E-state index contributed by atoms with van der Waals surface area (Å²) in [4.78, 5) is 9.77. The summed E-state index contributed by atoms with van der Waals surface area (Å²) in [6.07, 6.45) is 1.08. The number of benzene rings is 2. The van der Waals surface area contributed by atoms with E-state index in [0.717, 1.165) is 64.2 Å². The van der Waals surface area contributed by atoms with Crippen LogP contribution in [0.25, 0.3) is 5.70 Å². The second-order valence-corrected chi connectivity index (χ2v) is 8.04. The minimum atomic E-state index is 0.513. The first-order valence-electron chi connectivity index (χ1n) is 9.73. The van der Waals surface area contributed by atoms with E-state index < -0.39 is 0 Å². The van der Waals surface area contributed by atoms with Crippen molar-refractivity contribution in [1.29, 1.82) is 0 Å². The quantitative estimate of drug-likeness (QED) is 0.487. The van der Waals surface area contributed by atoms with Gasteiger partial charge < -0.3 is 15.4 Å². The summed E-state index contributed by atoms with van der Waals surface area (Å²) < 4.78 is 6.06. The Labute approximate surface area is 177 Å². The average molecular weight is 409 g/mol. The molecule has 0 amide bonds. The van der Waals surface area contributed by atoms with Crippen LogP contribution >= 0.6 is 11.8 Å². The first-order chi connectivity index (χ1) is 14.1. The molecule has 0 unspecified atom stereocenters. The van der Waals surface area contributed by atoms with Gasteiger partial charge in [-0.2, -0.15) is 0 Å². The number of nitrogens with zero attached hydrogens (tertiary/aromatic N) is 2. The first kappa shape index (κ1) is 21.0. The van der Waals surface area contributed by atoms with Gasteiger partial charge in [-0.15, -0.1) is 0 Å². The molecular formula is C23H28N4OS. The number of guanidine groups is 1. The number of allylic oxidation sites excluding steroid dienone is 1. The molecular weight excluding hydrogens is 380 g/mol. The SMILES string of the molecule is C=N/C(=C(/C)SCOc1cc(C)c(NC2=NCCCN2)cc1C)c1ccccc1. The Morgan fingerprint density at radius 3 is 2.72 bits per heavy atom. The van der Waals surface area contributed by atoms with Crippen molar-refractivity contribution in [3.63, 3.8) is 0 Å². The van der Waals surface area contributed by atoms with Gasteiger partial charge in [0, 0.05) is 29.2 Å². The topological polar surface area (TPSA) is 58.0 Å². The number of hydrogen-bond acceptors (Lipinski definition) is 6. The third kappa shape index (κ3) is 5.64. The molecule has 2 aromatic carbocycles. The highest BCUT2D eigenvalue weighted by molar-refractivity contribution is 8.03. The van der Waals surface area contributed by atoms with E-state index in [-0.39, 0.29) is 0 Å². The van der Waals surface area contributed by atoms with Gasteiger partial charge in [-0.05, 0) is 57.2 Å². The van der Waals surface area contributed by atoms with E-state index in [1.54, 1.807) is 11.8 Å². The van der Waals surface area contributed by atoms with E-state index >= 15 is 0 Å². The summed E-state index contributed by atoms with van der Waals surface area (Å²) in [5.41, 5.74) is 5.22. The van der Waals surface area contributed by atoms with Crippen LogP contribution in [0.1, 0.15) is 30.0 Å². The molecule has 0 saturated carbocycles. The monoisotopic (exact) mass is 408 g/mol. The molecule has 1 aliphatic heterocycles. The fourth-order valence-electron chi connectivity index (χ4n) is 3.08. The molecule has 152 valence electrons. The number of thioether (sulfide) groups is 1. The molecule has 1 aliphatic rings. The second kappa shape index (κ2) is 10.2. The van der Waals surface area contributed by atoms with E-state index in [0.29, 0.717) is 5.94 Å². The van der Waals surface area contributed by atoms with Gasteiger partial charge in [-0.1, -0.05) is 42.1 Å².